The first-order valence-corrected chi connectivity index (χ1v) is 11.3. The summed E-state index contributed by atoms with van der Waals surface area (Å²) in [5, 5.41) is 2.78. The van der Waals surface area contributed by atoms with Gasteiger partial charge in [0.05, 0.1) is 0 Å². The molecule has 2 nitrogen and oxygen atoms in total. The predicted molar refractivity (Wildman–Crippen MR) is 139 cm³/mol. The van der Waals surface area contributed by atoms with Gasteiger partial charge in [-0.1, -0.05) is 78.3 Å². The zero-order valence-corrected chi connectivity index (χ0v) is 18.5. The van der Waals surface area contributed by atoms with E-state index in [1.165, 1.54) is 0 Å². The minimum Gasteiger partial charge on any atom is -0.455 e. The summed E-state index contributed by atoms with van der Waals surface area (Å²) in [5.41, 5.74) is 7.07. The van der Waals surface area contributed by atoms with Gasteiger partial charge in [0.15, 0.2) is 0 Å². The van der Waals surface area contributed by atoms with Crippen molar-refractivity contribution >= 4 is 50.6 Å². The molecule has 0 N–H and O–H groups in total. The van der Waals surface area contributed by atoms with Crippen LogP contribution in [0.5, 0.6) is 0 Å². The largest absolute Gasteiger partial charge is 0.455 e. The van der Waals surface area contributed by atoms with Gasteiger partial charge in [-0.3, -0.25) is 0 Å². The summed E-state index contributed by atoms with van der Waals surface area (Å²) in [6.07, 6.45) is 0. The molecular formula is C30H20ClNO. The second kappa shape index (κ2) is 8.16. The molecule has 0 aliphatic heterocycles. The van der Waals surface area contributed by atoms with Crippen molar-refractivity contribution in [3.05, 3.63) is 126 Å². The molecule has 0 saturated heterocycles. The van der Waals surface area contributed by atoms with Crippen molar-refractivity contribution in [2.45, 2.75) is 0 Å². The molecule has 0 fully saturated rings. The molecule has 0 aliphatic rings. The monoisotopic (exact) mass is 445 g/mol. The first kappa shape index (κ1) is 19.7. The normalized spacial score (nSPS) is 11.2. The zero-order chi connectivity index (χ0) is 22.2. The van der Waals surface area contributed by atoms with Crippen molar-refractivity contribution in [1.82, 2.24) is 0 Å². The molecule has 3 heteroatoms. The molecule has 0 unspecified atom stereocenters. The summed E-state index contributed by atoms with van der Waals surface area (Å²) in [6, 6.07) is 41.5. The number of nitrogens with zero attached hydrogens (tertiary/aromatic N) is 1. The molecule has 0 atom stereocenters. The van der Waals surface area contributed by atoms with Gasteiger partial charge in [0, 0.05) is 44.5 Å². The molecule has 6 rings (SSSR count). The maximum Gasteiger partial charge on any atom is 0.143 e. The molecule has 5 aromatic carbocycles. The van der Waals surface area contributed by atoms with E-state index in [1.807, 2.05) is 36.4 Å². The van der Waals surface area contributed by atoms with Gasteiger partial charge in [0.1, 0.15) is 11.2 Å². The lowest BCUT2D eigenvalue weighted by molar-refractivity contribution is 0.670. The summed E-state index contributed by atoms with van der Waals surface area (Å²) < 4.78 is 6.36. The topological polar surface area (TPSA) is 16.4 Å². The number of rotatable bonds is 4. The SMILES string of the molecule is Clc1ccc2c(c1)oc1c(-c3ccccc3)cc(N(c3ccccc3)c3ccccc3)cc12. The highest BCUT2D eigenvalue weighted by Gasteiger charge is 2.19. The molecule has 0 saturated carbocycles. The van der Waals surface area contributed by atoms with Crippen molar-refractivity contribution in [3.63, 3.8) is 0 Å². The van der Waals surface area contributed by atoms with E-state index in [4.69, 9.17) is 16.0 Å². The van der Waals surface area contributed by atoms with E-state index in [0.29, 0.717) is 5.02 Å². The number of halogens is 1. The molecule has 1 aromatic heterocycles. The van der Waals surface area contributed by atoms with Crippen molar-refractivity contribution < 1.29 is 4.42 Å². The average molecular weight is 446 g/mol. The second-order valence-corrected chi connectivity index (χ2v) is 8.42. The Kier molecular flexibility index (Phi) is 4.86. The number of para-hydroxylation sites is 2. The van der Waals surface area contributed by atoms with E-state index in [-0.39, 0.29) is 0 Å². The van der Waals surface area contributed by atoms with Crippen molar-refractivity contribution in [1.29, 1.82) is 0 Å². The van der Waals surface area contributed by atoms with Crippen LogP contribution in [-0.2, 0) is 0 Å². The highest BCUT2D eigenvalue weighted by atomic mass is 35.5. The molecule has 1 heterocycles. The molecule has 0 radical (unpaired) electrons. The number of benzene rings is 5. The van der Waals surface area contributed by atoms with E-state index in [9.17, 15) is 0 Å². The maximum atomic E-state index is 6.36. The second-order valence-electron chi connectivity index (χ2n) is 7.99. The summed E-state index contributed by atoms with van der Waals surface area (Å²) in [4.78, 5) is 2.28. The molecule has 6 aromatic rings. The fraction of sp³-hybridized carbons (Fsp3) is 0. The summed E-state index contributed by atoms with van der Waals surface area (Å²) >= 11 is 6.28. The number of fused-ring (bicyclic) bond motifs is 3. The molecular weight excluding hydrogens is 426 g/mol. The van der Waals surface area contributed by atoms with Crippen LogP contribution in [0.2, 0.25) is 5.02 Å². The van der Waals surface area contributed by atoms with Crippen LogP contribution in [0.1, 0.15) is 0 Å². The van der Waals surface area contributed by atoms with Gasteiger partial charge in [-0.25, -0.2) is 0 Å². The van der Waals surface area contributed by atoms with Gasteiger partial charge in [0.25, 0.3) is 0 Å². The summed E-state index contributed by atoms with van der Waals surface area (Å²) in [7, 11) is 0. The Morgan fingerprint density at radius 3 is 1.79 bits per heavy atom. The van der Waals surface area contributed by atoms with Gasteiger partial charge in [-0.15, -0.1) is 0 Å². The number of hydrogen-bond acceptors (Lipinski definition) is 2. The van der Waals surface area contributed by atoms with Gasteiger partial charge < -0.3 is 9.32 Å². The predicted octanol–water partition coefficient (Wildman–Crippen LogP) is 9.38. The van der Waals surface area contributed by atoms with Crippen LogP contribution >= 0.6 is 11.6 Å². The first-order chi connectivity index (χ1) is 16.3. The van der Waals surface area contributed by atoms with Crippen LogP contribution in [-0.4, -0.2) is 0 Å². The van der Waals surface area contributed by atoms with Crippen LogP contribution in [0.25, 0.3) is 33.1 Å². The van der Waals surface area contributed by atoms with E-state index < -0.39 is 0 Å². The highest BCUT2D eigenvalue weighted by Crippen LogP contribution is 2.43. The maximum absolute atomic E-state index is 6.36. The van der Waals surface area contributed by atoms with Crippen LogP contribution in [0.3, 0.4) is 0 Å². The van der Waals surface area contributed by atoms with E-state index in [2.05, 4.69) is 89.8 Å². The molecule has 0 aliphatic carbocycles. The van der Waals surface area contributed by atoms with Crippen molar-refractivity contribution in [2.24, 2.45) is 0 Å². The van der Waals surface area contributed by atoms with Crippen LogP contribution in [0, 0.1) is 0 Å². The highest BCUT2D eigenvalue weighted by molar-refractivity contribution is 6.31. The summed E-state index contributed by atoms with van der Waals surface area (Å²) in [5.74, 6) is 0. The van der Waals surface area contributed by atoms with Crippen LogP contribution in [0.4, 0.5) is 17.1 Å². The van der Waals surface area contributed by atoms with Gasteiger partial charge in [0.2, 0.25) is 0 Å². The van der Waals surface area contributed by atoms with Gasteiger partial charge >= 0.3 is 0 Å². The number of hydrogen-bond donors (Lipinski definition) is 0. The van der Waals surface area contributed by atoms with Crippen LogP contribution < -0.4 is 4.90 Å². The Morgan fingerprint density at radius 2 is 1.15 bits per heavy atom. The Bertz CT molecular complexity index is 1520. The fourth-order valence-corrected chi connectivity index (χ4v) is 4.56. The average Bonchev–Trinajstić information content (AvgIpc) is 3.23. The Labute approximate surface area is 197 Å². The lowest BCUT2D eigenvalue weighted by Crippen LogP contribution is -2.09. The molecule has 158 valence electrons. The van der Waals surface area contributed by atoms with E-state index in [0.717, 1.165) is 50.1 Å². The van der Waals surface area contributed by atoms with Gasteiger partial charge in [-0.2, -0.15) is 0 Å². The Balaban J connectivity index is 1.69. The standard InChI is InChI=1S/C30H20ClNO/c31-22-16-17-26-28-20-25(32(23-12-6-2-7-13-23)24-14-8-3-9-15-24)19-27(21-10-4-1-5-11-21)30(28)33-29(26)18-22/h1-20H. The fourth-order valence-electron chi connectivity index (χ4n) is 4.40. The molecule has 0 bridgehead atoms. The Hall–Kier alpha value is -4.01. The third-order valence-electron chi connectivity index (χ3n) is 5.89. The van der Waals surface area contributed by atoms with Gasteiger partial charge in [-0.05, 0) is 54.1 Å². The minimum absolute atomic E-state index is 0.665. The van der Waals surface area contributed by atoms with E-state index >= 15 is 0 Å². The lowest BCUT2D eigenvalue weighted by Gasteiger charge is -2.26. The minimum atomic E-state index is 0.665. The third-order valence-corrected chi connectivity index (χ3v) is 6.13. The third kappa shape index (κ3) is 3.55. The zero-order valence-electron chi connectivity index (χ0n) is 17.8. The van der Waals surface area contributed by atoms with Crippen molar-refractivity contribution in [2.75, 3.05) is 4.90 Å². The smallest absolute Gasteiger partial charge is 0.143 e. The van der Waals surface area contributed by atoms with Crippen molar-refractivity contribution in [3.8, 4) is 11.1 Å². The van der Waals surface area contributed by atoms with Crippen LogP contribution in [0.15, 0.2) is 126 Å². The molecule has 0 amide bonds. The quantitative estimate of drug-likeness (QED) is 0.268. The Morgan fingerprint density at radius 1 is 0.545 bits per heavy atom. The number of anilines is 3. The van der Waals surface area contributed by atoms with E-state index in [1.54, 1.807) is 0 Å². The molecule has 0 spiro atoms. The first-order valence-electron chi connectivity index (χ1n) is 10.9. The molecule has 33 heavy (non-hydrogen) atoms. The number of furan rings is 1. The lowest BCUT2D eigenvalue weighted by atomic mass is 10.0. The summed E-state index contributed by atoms with van der Waals surface area (Å²) in [6.45, 7) is 0.